The molecular weight excluding hydrogens is 260 g/mol. The van der Waals surface area contributed by atoms with Crippen LogP contribution in [0.3, 0.4) is 0 Å². The van der Waals surface area contributed by atoms with Crippen molar-refractivity contribution in [2.24, 2.45) is 11.3 Å². The Kier molecular flexibility index (Phi) is 5.88. The van der Waals surface area contributed by atoms with Gasteiger partial charge in [-0.15, -0.1) is 0 Å². The molecule has 0 bridgehead atoms. The van der Waals surface area contributed by atoms with E-state index in [-0.39, 0.29) is 0 Å². The van der Waals surface area contributed by atoms with Crippen LogP contribution < -0.4 is 0 Å². The van der Waals surface area contributed by atoms with Gasteiger partial charge in [-0.25, -0.2) is 0 Å². The molecule has 1 N–H and O–H groups in total. The van der Waals surface area contributed by atoms with E-state index in [0.717, 1.165) is 25.7 Å². The highest BCUT2D eigenvalue weighted by Gasteiger charge is 2.47. The van der Waals surface area contributed by atoms with Gasteiger partial charge in [0.2, 0.25) is 0 Å². The highest BCUT2D eigenvalue weighted by atomic mass is 16.3. The van der Waals surface area contributed by atoms with Crippen molar-refractivity contribution in [3.8, 4) is 0 Å². The number of rotatable bonds is 8. The van der Waals surface area contributed by atoms with Crippen LogP contribution in [0, 0.1) is 11.3 Å². The summed E-state index contributed by atoms with van der Waals surface area (Å²) in [5.41, 5.74) is -0.0963. The average Bonchev–Trinajstić information content (AvgIpc) is 2.82. The number of hydrogen-bond acceptors (Lipinski definition) is 2. The van der Waals surface area contributed by atoms with Crippen molar-refractivity contribution < 1.29 is 9.90 Å². The number of unbranched alkanes of at least 4 members (excludes halogenated alkanes) is 4. The quantitative estimate of drug-likeness (QED) is 0.638. The first kappa shape index (κ1) is 17.0. The molecule has 0 radical (unpaired) electrons. The minimum atomic E-state index is -0.501. The van der Waals surface area contributed by atoms with Gasteiger partial charge in [-0.1, -0.05) is 38.5 Å². The molecule has 0 amide bonds. The monoisotopic (exact) mass is 294 g/mol. The van der Waals surface area contributed by atoms with Gasteiger partial charge in [-0.3, -0.25) is 4.79 Å². The molecule has 2 nitrogen and oxygen atoms in total. The lowest BCUT2D eigenvalue weighted by Crippen LogP contribution is -2.35. The number of ketones is 1. The first-order valence-electron chi connectivity index (χ1n) is 9.18. The lowest BCUT2D eigenvalue weighted by Gasteiger charge is -2.38. The molecule has 2 fully saturated rings. The smallest absolute Gasteiger partial charge is 0.136 e. The van der Waals surface area contributed by atoms with Gasteiger partial charge in [0.25, 0.3) is 0 Å². The molecule has 0 saturated heterocycles. The first-order chi connectivity index (χ1) is 9.93. The fourth-order valence-electron chi connectivity index (χ4n) is 4.72. The molecule has 0 aromatic heterocycles. The molecule has 0 spiro atoms. The summed E-state index contributed by atoms with van der Waals surface area (Å²) in [5.74, 6) is 0.991. The van der Waals surface area contributed by atoms with Gasteiger partial charge in [0.1, 0.15) is 5.78 Å². The third-order valence-electron chi connectivity index (χ3n) is 5.86. The summed E-state index contributed by atoms with van der Waals surface area (Å²) in [6, 6.07) is 0. The van der Waals surface area contributed by atoms with Crippen LogP contribution in [0.4, 0.5) is 0 Å². The van der Waals surface area contributed by atoms with E-state index in [1.165, 1.54) is 57.8 Å². The minimum Gasteiger partial charge on any atom is -0.390 e. The highest BCUT2D eigenvalue weighted by molar-refractivity contribution is 5.83. The summed E-state index contributed by atoms with van der Waals surface area (Å²) >= 11 is 0. The molecule has 2 rings (SSSR count). The highest BCUT2D eigenvalue weighted by Crippen LogP contribution is 2.53. The molecule has 0 aromatic carbocycles. The molecule has 2 saturated carbocycles. The Balaban J connectivity index is 1.63. The number of aliphatic hydroxyl groups is 1. The van der Waals surface area contributed by atoms with Gasteiger partial charge in [0.05, 0.1) is 5.60 Å². The summed E-state index contributed by atoms with van der Waals surface area (Å²) in [5, 5.41) is 9.69. The van der Waals surface area contributed by atoms with E-state index in [0.29, 0.717) is 17.1 Å². The second kappa shape index (κ2) is 7.26. The molecule has 2 aliphatic carbocycles. The van der Waals surface area contributed by atoms with E-state index in [4.69, 9.17) is 0 Å². The number of hydrogen-bond donors (Lipinski definition) is 1. The molecule has 2 aliphatic rings. The maximum atomic E-state index is 12.1. The van der Waals surface area contributed by atoms with Crippen molar-refractivity contribution in [1.82, 2.24) is 0 Å². The van der Waals surface area contributed by atoms with E-state index in [2.05, 4.69) is 0 Å². The molecule has 21 heavy (non-hydrogen) atoms. The van der Waals surface area contributed by atoms with Crippen LogP contribution in [0.5, 0.6) is 0 Å². The van der Waals surface area contributed by atoms with Gasteiger partial charge in [0.15, 0.2) is 0 Å². The van der Waals surface area contributed by atoms with Crippen LogP contribution in [0.25, 0.3) is 0 Å². The minimum absolute atomic E-state index is 0.405. The van der Waals surface area contributed by atoms with Crippen molar-refractivity contribution >= 4 is 5.78 Å². The number of Topliss-reactive ketones (excluding diaryl/α,β-unsaturated/α-hetero) is 1. The zero-order chi connectivity index (χ0) is 15.3. The maximum absolute atomic E-state index is 12.1. The maximum Gasteiger partial charge on any atom is 0.136 e. The van der Waals surface area contributed by atoms with Crippen LogP contribution in [-0.2, 0) is 4.79 Å². The van der Waals surface area contributed by atoms with Crippen molar-refractivity contribution in [2.45, 2.75) is 103 Å². The lowest BCUT2D eigenvalue weighted by atomic mass is 9.65. The Morgan fingerprint density at radius 2 is 1.76 bits per heavy atom. The fourth-order valence-corrected chi connectivity index (χ4v) is 4.72. The summed E-state index contributed by atoms with van der Waals surface area (Å²) in [7, 11) is 0. The summed E-state index contributed by atoms with van der Waals surface area (Å²) < 4.78 is 0. The summed E-state index contributed by atoms with van der Waals surface area (Å²) in [6.45, 7) is 3.79. The molecule has 0 aliphatic heterocycles. The topological polar surface area (TPSA) is 37.3 Å². The van der Waals surface area contributed by atoms with Crippen molar-refractivity contribution in [3.63, 3.8) is 0 Å². The van der Waals surface area contributed by atoms with Crippen LogP contribution in [0.1, 0.15) is 97.3 Å². The van der Waals surface area contributed by atoms with E-state index in [1.54, 1.807) is 0 Å². The first-order valence-corrected chi connectivity index (χ1v) is 9.18. The molecule has 122 valence electrons. The summed E-state index contributed by atoms with van der Waals surface area (Å²) in [6.07, 6.45) is 15.5. The Bertz CT molecular complexity index is 342. The van der Waals surface area contributed by atoms with Gasteiger partial charge in [-0.05, 0) is 57.8 Å². The number of carbonyl (C=O) groups excluding carboxylic acids is 1. The number of fused-ring (bicyclic) bond motifs is 1. The number of carbonyl (C=O) groups is 1. The third-order valence-corrected chi connectivity index (χ3v) is 5.86. The van der Waals surface area contributed by atoms with Crippen molar-refractivity contribution in [1.29, 1.82) is 0 Å². The fraction of sp³-hybridized carbons (Fsp3) is 0.947. The Hall–Kier alpha value is -0.370. The standard InChI is InChI=1S/C19H34O2/c1-18(2,21)12-6-4-3-5-7-13-19-14-8-10-16(19)17(20)11-9-15-19/h16,21H,3-15H2,1-2H3/t16-,19-/m0/s1. The van der Waals surface area contributed by atoms with E-state index in [1.807, 2.05) is 13.8 Å². The predicted octanol–water partition coefficient (Wildman–Crippen LogP) is 5.03. The molecule has 0 aromatic rings. The zero-order valence-corrected chi connectivity index (χ0v) is 14.1. The summed E-state index contributed by atoms with van der Waals surface area (Å²) in [4.78, 5) is 12.1. The van der Waals surface area contributed by atoms with Gasteiger partial charge < -0.3 is 5.11 Å². The second-order valence-electron chi connectivity index (χ2n) is 8.21. The average molecular weight is 294 g/mol. The van der Waals surface area contributed by atoms with Crippen LogP contribution >= 0.6 is 0 Å². The van der Waals surface area contributed by atoms with Gasteiger partial charge in [-0.2, -0.15) is 0 Å². The zero-order valence-electron chi connectivity index (χ0n) is 14.1. The van der Waals surface area contributed by atoms with E-state index in [9.17, 15) is 9.90 Å². The van der Waals surface area contributed by atoms with Crippen LogP contribution in [-0.4, -0.2) is 16.5 Å². The molecule has 0 heterocycles. The van der Waals surface area contributed by atoms with E-state index >= 15 is 0 Å². The SMILES string of the molecule is CC(C)(O)CCCCCCC[C@]12CCCC(=O)[C@@H]1CCC2. The predicted molar refractivity (Wildman–Crippen MR) is 87.2 cm³/mol. The Morgan fingerprint density at radius 1 is 1.10 bits per heavy atom. The Morgan fingerprint density at radius 3 is 2.52 bits per heavy atom. The van der Waals surface area contributed by atoms with Crippen molar-refractivity contribution in [2.75, 3.05) is 0 Å². The molecule has 0 unspecified atom stereocenters. The molecular formula is C19H34O2. The van der Waals surface area contributed by atoms with Gasteiger partial charge in [0, 0.05) is 12.3 Å². The largest absolute Gasteiger partial charge is 0.390 e. The Labute approximate surface area is 130 Å². The van der Waals surface area contributed by atoms with Crippen molar-refractivity contribution in [3.05, 3.63) is 0 Å². The van der Waals surface area contributed by atoms with E-state index < -0.39 is 5.60 Å². The van der Waals surface area contributed by atoms with Gasteiger partial charge >= 0.3 is 0 Å². The second-order valence-corrected chi connectivity index (χ2v) is 8.21. The molecule has 2 heteroatoms. The lowest BCUT2D eigenvalue weighted by molar-refractivity contribution is -0.129. The molecule has 2 atom stereocenters. The normalized spacial score (nSPS) is 29.7. The van der Waals surface area contributed by atoms with Crippen LogP contribution in [0.2, 0.25) is 0 Å². The van der Waals surface area contributed by atoms with Crippen LogP contribution in [0.15, 0.2) is 0 Å². The third kappa shape index (κ3) is 4.81.